The number of nitrogens with zero attached hydrogens (tertiary/aromatic N) is 3. The first kappa shape index (κ1) is 16.4. The van der Waals surface area contributed by atoms with Gasteiger partial charge in [-0.1, -0.05) is 30.3 Å². The maximum Gasteiger partial charge on any atom is 0.327 e. The van der Waals surface area contributed by atoms with Crippen molar-refractivity contribution in [1.82, 2.24) is 14.7 Å². The summed E-state index contributed by atoms with van der Waals surface area (Å²) in [7, 11) is 1.55. The molecule has 2 aliphatic heterocycles. The van der Waals surface area contributed by atoms with E-state index in [1.807, 2.05) is 37.3 Å². The van der Waals surface area contributed by atoms with E-state index in [1.165, 1.54) is 4.90 Å². The molecule has 2 saturated heterocycles. The van der Waals surface area contributed by atoms with Gasteiger partial charge < -0.3 is 14.5 Å². The number of hydrogen-bond donors (Lipinski definition) is 0. The van der Waals surface area contributed by atoms with Crippen LogP contribution in [0, 0.1) is 0 Å². The molecule has 1 aromatic carbocycles. The minimum atomic E-state index is -0.422. The van der Waals surface area contributed by atoms with Gasteiger partial charge in [0, 0.05) is 13.6 Å². The van der Waals surface area contributed by atoms with Gasteiger partial charge in [0.05, 0.1) is 12.6 Å². The first-order valence-corrected chi connectivity index (χ1v) is 7.99. The van der Waals surface area contributed by atoms with Crippen LogP contribution in [0.1, 0.15) is 18.6 Å². The number of morpholine rings is 1. The third kappa shape index (κ3) is 3.26. The molecule has 7 heteroatoms. The van der Waals surface area contributed by atoms with E-state index in [0.29, 0.717) is 13.1 Å². The summed E-state index contributed by atoms with van der Waals surface area (Å²) in [5, 5.41) is 0. The molecule has 0 radical (unpaired) electrons. The van der Waals surface area contributed by atoms with Crippen LogP contribution in [0.4, 0.5) is 4.79 Å². The molecular weight excluding hydrogens is 310 g/mol. The SMILES string of the molecule is CC1CN(C(=O)CN2C(=O)CN(C)C2=O)CC(c2ccccc2)O1. The summed E-state index contributed by atoms with van der Waals surface area (Å²) in [5.74, 6) is -0.570. The van der Waals surface area contributed by atoms with Crippen LogP contribution in [-0.4, -0.2) is 71.9 Å². The highest BCUT2D eigenvalue weighted by Gasteiger charge is 2.37. The Kier molecular flexibility index (Phi) is 4.53. The van der Waals surface area contributed by atoms with E-state index >= 15 is 0 Å². The molecule has 0 spiro atoms. The van der Waals surface area contributed by atoms with Gasteiger partial charge in [-0.3, -0.25) is 14.5 Å². The van der Waals surface area contributed by atoms with Crippen molar-refractivity contribution < 1.29 is 19.1 Å². The molecule has 0 bridgehead atoms. The lowest BCUT2D eigenvalue weighted by Gasteiger charge is -2.37. The van der Waals surface area contributed by atoms with Crippen LogP contribution in [0.5, 0.6) is 0 Å². The van der Waals surface area contributed by atoms with E-state index in [-0.39, 0.29) is 37.1 Å². The summed E-state index contributed by atoms with van der Waals surface area (Å²) in [6, 6.07) is 9.30. The van der Waals surface area contributed by atoms with Crippen molar-refractivity contribution >= 4 is 17.8 Å². The Morgan fingerprint density at radius 2 is 1.92 bits per heavy atom. The highest BCUT2D eigenvalue weighted by atomic mass is 16.5. The second kappa shape index (κ2) is 6.60. The zero-order chi connectivity index (χ0) is 17.3. The quantitative estimate of drug-likeness (QED) is 0.771. The van der Waals surface area contributed by atoms with E-state index in [2.05, 4.69) is 0 Å². The molecule has 2 fully saturated rings. The van der Waals surface area contributed by atoms with E-state index < -0.39 is 6.03 Å². The Morgan fingerprint density at radius 1 is 1.21 bits per heavy atom. The first-order chi connectivity index (χ1) is 11.5. The summed E-state index contributed by atoms with van der Waals surface area (Å²) in [6.45, 7) is 2.59. The number of hydrogen-bond acceptors (Lipinski definition) is 4. The number of carbonyl (C=O) groups excluding carboxylic acids is 3. The van der Waals surface area contributed by atoms with Crippen LogP contribution in [0.3, 0.4) is 0 Å². The minimum Gasteiger partial charge on any atom is -0.367 e. The Bertz CT molecular complexity index is 648. The van der Waals surface area contributed by atoms with Crippen molar-refractivity contribution in [2.75, 3.05) is 33.2 Å². The second-order valence-electron chi connectivity index (χ2n) is 6.26. The normalized spacial score (nSPS) is 24.7. The van der Waals surface area contributed by atoms with Crippen LogP contribution in [0.15, 0.2) is 30.3 Å². The molecule has 2 heterocycles. The maximum absolute atomic E-state index is 12.6. The molecule has 4 amide bonds. The van der Waals surface area contributed by atoms with Crippen molar-refractivity contribution in [1.29, 1.82) is 0 Å². The summed E-state index contributed by atoms with van der Waals surface area (Å²) >= 11 is 0. The molecule has 2 unspecified atom stereocenters. The fraction of sp³-hybridized carbons (Fsp3) is 0.471. The zero-order valence-corrected chi connectivity index (χ0v) is 13.8. The molecule has 7 nitrogen and oxygen atoms in total. The molecule has 2 aliphatic rings. The predicted molar refractivity (Wildman–Crippen MR) is 86.0 cm³/mol. The fourth-order valence-electron chi connectivity index (χ4n) is 3.07. The molecule has 0 N–H and O–H groups in total. The summed E-state index contributed by atoms with van der Waals surface area (Å²) in [6.07, 6.45) is -0.313. The molecule has 0 aliphatic carbocycles. The van der Waals surface area contributed by atoms with Gasteiger partial charge in [-0.05, 0) is 12.5 Å². The van der Waals surface area contributed by atoms with Crippen molar-refractivity contribution in [2.45, 2.75) is 19.1 Å². The van der Waals surface area contributed by atoms with Crippen LogP contribution in [-0.2, 0) is 14.3 Å². The molecule has 3 rings (SSSR count). The average molecular weight is 331 g/mol. The second-order valence-corrected chi connectivity index (χ2v) is 6.26. The molecular formula is C17H21N3O4. The number of urea groups is 1. The van der Waals surface area contributed by atoms with Crippen LogP contribution >= 0.6 is 0 Å². The minimum absolute atomic E-state index is 0.0261. The molecule has 24 heavy (non-hydrogen) atoms. The van der Waals surface area contributed by atoms with Crippen LogP contribution in [0.25, 0.3) is 0 Å². The van der Waals surface area contributed by atoms with Gasteiger partial charge >= 0.3 is 6.03 Å². The highest BCUT2D eigenvalue weighted by molar-refractivity contribution is 6.04. The van der Waals surface area contributed by atoms with E-state index in [4.69, 9.17) is 4.74 Å². The largest absolute Gasteiger partial charge is 0.367 e. The number of likely N-dealkylation sites (N-methyl/N-ethyl adjacent to an activating group) is 1. The van der Waals surface area contributed by atoms with Gasteiger partial charge in [-0.15, -0.1) is 0 Å². The van der Waals surface area contributed by atoms with E-state index in [9.17, 15) is 14.4 Å². The summed E-state index contributed by atoms with van der Waals surface area (Å²) in [5.41, 5.74) is 1.01. The molecule has 1 aromatic rings. The van der Waals surface area contributed by atoms with Crippen molar-refractivity contribution in [3.8, 4) is 0 Å². The topological polar surface area (TPSA) is 70.2 Å². The highest BCUT2D eigenvalue weighted by Crippen LogP contribution is 2.25. The van der Waals surface area contributed by atoms with Gasteiger partial charge in [0.2, 0.25) is 5.91 Å². The standard InChI is InChI=1S/C17H21N3O4/c1-12-8-19(9-14(24-12)13-6-4-3-5-7-13)15(21)11-20-16(22)10-18(2)17(20)23/h3-7,12,14H,8-11H2,1-2H3. The van der Waals surface area contributed by atoms with Gasteiger partial charge in [0.25, 0.3) is 5.91 Å². The number of ether oxygens (including phenoxy) is 1. The Labute approximate surface area is 140 Å². The van der Waals surface area contributed by atoms with E-state index in [0.717, 1.165) is 10.5 Å². The molecule has 128 valence electrons. The first-order valence-electron chi connectivity index (χ1n) is 7.99. The van der Waals surface area contributed by atoms with Crippen LogP contribution in [0.2, 0.25) is 0 Å². The Balaban J connectivity index is 1.68. The monoisotopic (exact) mass is 331 g/mol. The fourth-order valence-corrected chi connectivity index (χ4v) is 3.07. The van der Waals surface area contributed by atoms with Crippen molar-refractivity contribution in [2.24, 2.45) is 0 Å². The Morgan fingerprint density at radius 3 is 2.54 bits per heavy atom. The van der Waals surface area contributed by atoms with Gasteiger partial charge in [0.15, 0.2) is 0 Å². The van der Waals surface area contributed by atoms with Gasteiger partial charge in [-0.25, -0.2) is 4.79 Å². The average Bonchev–Trinajstić information content (AvgIpc) is 2.81. The zero-order valence-electron chi connectivity index (χ0n) is 13.8. The maximum atomic E-state index is 12.6. The van der Waals surface area contributed by atoms with Gasteiger partial charge in [0.1, 0.15) is 19.2 Å². The number of amides is 4. The molecule has 0 aromatic heterocycles. The number of carbonyl (C=O) groups is 3. The lowest BCUT2D eigenvalue weighted by atomic mass is 10.1. The van der Waals surface area contributed by atoms with Gasteiger partial charge in [-0.2, -0.15) is 0 Å². The van der Waals surface area contributed by atoms with Crippen molar-refractivity contribution in [3.63, 3.8) is 0 Å². The number of imide groups is 1. The smallest absolute Gasteiger partial charge is 0.327 e. The third-order valence-corrected chi connectivity index (χ3v) is 4.31. The van der Waals surface area contributed by atoms with Crippen LogP contribution < -0.4 is 0 Å². The Hall–Kier alpha value is -2.41. The number of rotatable bonds is 3. The third-order valence-electron chi connectivity index (χ3n) is 4.31. The van der Waals surface area contributed by atoms with Crippen molar-refractivity contribution in [3.05, 3.63) is 35.9 Å². The van der Waals surface area contributed by atoms with E-state index in [1.54, 1.807) is 11.9 Å². The predicted octanol–water partition coefficient (Wildman–Crippen LogP) is 0.869. The summed E-state index contributed by atoms with van der Waals surface area (Å²) < 4.78 is 5.93. The molecule has 0 saturated carbocycles. The summed E-state index contributed by atoms with van der Waals surface area (Å²) in [4.78, 5) is 40.3. The molecule has 2 atom stereocenters. The lowest BCUT2D eigenvalue weighted by molar-refractivity contribution is -0.147. The number of benzene rings is 1. The lowest BCUT2D eigenvalue weighted by Crippen LogP contribution is -2.50.